The van der Waals surface area contributed by atoms with E-state index in [0.29, 0.717) is 0 Å². The molecule has 2 atom stereocenters. The summed E-state index contributed by atoms with van der Waals surface area (Å²) in [6.45, 7) is 0. The van der Waals surface area contributed by atoms with E-state index in [1.165, 1.54) is 16.4 Å². The molecular weight excluding hydrogens is 274 g/mol. The van der Waals surface area contributed by atoms with Gasteiger partial charge in [0.15, 0.2) is 5.78 Å². The summed E-state index contributed by atoms with van der Waals surface area (Å²) in [5, 5.41) is -0.460. The Labute approximate surface area is 135 Å². The second kappa shape index (κ2) is 4.39. The highest BCUT2D eigenvalue weighted by molar-refractivity contribution is 7.20. The molecular formula is C12H16B6ClNO. The summed E-state index contributed by atoms with van der Waals surface area (Å²) < 4.78 is 0. The van der Waals surface area contributed by atoms with Crippen molar-refractivity contribution in [2.45, 2.75) is 17.2 Å². The summed E-state index contributed by atoms with van der Waals surface area (Å²) in [4.78, 5) is 12.7. The van der Waals surface area contributed by atoms with Gasteiger partial charge >= 0.3 is 0 Å². The Bertz CT molecular complexity index is 722. The number of carbonyl (C=O) groups is 1. The minimum Gasteiger partial charge on any atom is -0.316 e. The summed E-state index contributed by atoms with van der Waals surface area (Å²) >= 11 is 6.85. The van der Waals surface area contributed by atoms with E-state index in [2.05, 4.69) is 39.2 Å². The number of halogens is 1. The number of fused-ring (bicyclic) bond motifs is 3. The number of hydrogen-bond acceptors (Lipinski definition) is 2. The van der Waals surface area contributed by atoms with Gasteiger partial charge in [0.2, 0.25) is 0 Å². The smallest absolute Gasteiger partial charge is 0.284 e. The molecule has 100 valence electrons. The van der Waals surface area contributed by atoms with Crippen LogP contribution in [0.5, 0.6) is 0 Å². The second-order valence-electron chi connectivity index (χ2n) is 6.85. The van der Waals surface area contributed by atoms with Gasteiger partial charge in [-0.25, -0.2) is 0 Å². The van der Waals surface area contributed by atoms with Crippen LogP contribution >= 0.6 is 11.5 Å². The van der Waals surface area contributed by atoms with Crippen molar-refractivity contribution >= 4 is 89.9 Å². The highest BCUT2D eigenvalue weighted by Gasteiger charge is 2.64. The molecule has 1 aliphatic carbocycles. The number of rotatable bonds is 0. The van der Waals surface area contributed by atoms with Crippen LogP contribution in [0.25, 0.3) is 0 Å². The van der Waals surface area contributed by atoms with Crippen LogP contribution in [0.2, 0.25) is 5.21 Å². The van der Waals surface area contributed by atoms with E-state index < -0.39 is 10.8 Å². The van der Waals surface area contributed by atoms with Gasteiger partial charge in [-0.1, -0.05) is 22.5 Å². The minimum absolute atomic E-state index is 0.0218. The quantitative estimate of drug-likeness (QED) is 0.483. The predicted octanol–water partition coefficient (Wildman–Crippen LogP) is -6.81. The molecule has 1 aliphatic heterocycles. The molecule has 9 heteroatoms. The fourth-order valence-electron chi connectivity index (χ4n) is 4.18. The zero-order chi connectivity index (χ0) is 15.7. The number of allylic oxidation sites excluding steroid dienone is 1. The number of ketones is 1. The van der Waals surface area contributed by atoms with Gasteiger partial charge in [-0.2, -0.15) is 11.5 Å². The molecule has 2 N–H and O–H groups in total. The molecule has 0 fully saturated rings. The first kappa shape index (κ1) is 15.2. The maximum atomic E-state index is 12.7. The van der Waals surface area contributed by atoms with Crippen LogP contribution in [0.15, 0.2) is 12.2 Å². The van der Waals surface area contributed by atoms with Gasteiger partial charge in [-0.3, -0.25) is 4.79 Å². The van der Waals surface area contributed by atoms with Gasteiger partial charge in [0, 0.05) is 0 Å². The Morgan fingerprint density at radius 1 is 1.14 bits per heavy atom. The summed E-state index contributed by atoms with van der Waals surface area (Å²) in [7, 11) is 10.4. The molecule has 3 rings (SSSR count). The number of hydrogen-bond donors (Lipinski definition) is 1. The van der Waals surface area contributed by atoms with Gasteiger partial charge < -0.3 is 5.73 Å². The van der Waals surface area contributed by atoms with E-state index >= 15 is 0 Å². The molecule has 2 unspecified atom stereocenters. The molecule has 0 bridgehead atoms. The lowest BCUT2D eigenvalue weighted by Gasteiger charge is -2.43. The van der Waals surface area contributed by atoms with Crippen LogP contribution in [0.1, 0.15) is 12.0 Å². The Hall–Kier alpha value is -0.730. The fourth-order valence-corrected chi connectivity index (χ4v) is 4.72. The van der Waals surface area contributed by atoms with Gasteiger partial charge in [0.1, 0.15) is 39.2 Å². The van der Waals surface area contributed by atoms with E-state index in [4.69, 9.17) is 17.2 Å². The van der Waals surface area contributed by atoms with Gasteiger partial charge in [-0.05, 0) is 23.3 Å². The fraction of sp³-hybridized carbons (Fsp3) is 0.250. The van der Waals surface area contributed by atoms with Gasteiger partial charge in [0.05, 0.1) is 5.54 Å². The first-order valence-corrected chi connectivity index (χ1v) is 7.86. The number of carbonyl (C=O) groups excluding carboxylic acids is 1. The maximum absolute atomic E-state index is 12.7. The molecule has 2 nitrogen and oxygen atoms in total. The molecule has 0 saturated heterocycles. The molecule has 1 aromatic rings. The molecule has 0 amide bonds. The zero-order valence-corrected chi connectivity index (χ0v) is 14.1. The Morgan fingerprint density at radius 3 is 2.33 bits per heavy atom. The van der Waals surface area contributed by atoms with Crippen LogP contribution in [0, 0.1) is 0 Å². The molecule has 0 radical (unpaired) electrons. The SMILES string of the molecule is Bc1c(B)c(B)c2c(c1B)B(Cl)C1(B)CC=CC(=O)C21N. The molecule has 1 heterocycles. The molecule has 21 heavy (non-hydrogen) atoms. The Balaban J connectivity index is 2.48. The standard InChI is InChI=1S/C12H16B6ClNO/c13-6-5-10(9(16)8(15)7(6)14)18(19)11(17)3-1-2-4(21)12(5,11)20/h1-2H,3,13-17,20H2. The van der Waals surface area contributed by atoms with Crippen molar-refractivity contribution in [1.29, 1.82) is 0 Å². The average molecular weight is 291 g/mol. The van der Waals surface area contributed by atoms with Crippen LogP contribution in [-0.4, -0.2) is 51.1 Å². The number of benzene rings is 1. The van der Waals surface area contributed by atoms with Gasteiger partial charge in [-0.15, -0.1) is 10.9 Å². The van der Waals surface area contributed by atoms with Crippen molar-refractivity contribution < 1.29 is 4.79 Å². The van der Waals surface area contributed by atoms with E-state index in [1.807, 2.05) is 6.08 Å². The third-order valence-corrected chi connectivity index (χ3v) is 6.74. The highest BCUT2D eigenvalue weighted by atomic mass is 35.5. The second-order valence-corrected chi connectivity index (χ2v) is 7.28. The number of nitrogens with two attached hydrogens (primary N) is 1. The molecule has 1 aromatic carbocycles. The van der Waals surface area contributed by atoms with Crippen molar-refractivity contribution in [3.8, 4) is 0 Å². The van der Waals surface area contributed by atoms with Crippen LogP contribution in [0.4, 0.5) is 0 Å². The average Bonchev–Trinajstić information content (AvgIpc) is 2.63. The summed E-state index contributed by atoms with van der Waals surface area (Å²) in [6.07, 6.45) is 4.04. The van der Waals surface area contributed by atoms with Crippen LogP contribution in [0.3, 0.4) is 0 Å². The van der Waals surface area contributed by atoms with Crippen molar-refractivity contribution in [2.75, 3.05) is 0 Å². The molecule has 0 saturated carbocycles. The lowest BCUT2D eigenvalue weighted by molar-refractivity contribution is -0.120. The minimum atomic E-state index is -1.00. The van der Waals surface area contributed by atoms with Crippen molar-refractivity contribution in [3.63, 3.8) is 0 Å². The monoisotopic (exact) mass is 291 g/mol. The van der Waals surface area contributed by atoms with Gasteiger partial charge in [0.25, 0.3) is 6.13 Å². The lowest BCUT2D eigenvalue weighted by atomic mass is 9.34. The van der Waals surface area contributed by atoms with E-state index in [9.17, 15) is 4.79 Å². The van der Waals surface area contributed by atoms with Crippen molar-refractivity contribution in [1.82, 2.24) is 0 Å². The molecule has 0 aromatic heterocycles. The third kappa shape index (κ3) is 1.53. The lowest BCUT2D eigenvalue weighted by Crippen LogP contribution is -2.60. The van der Waals surface area contributed by atoms with E-state index in [-0.39, 0.29) is 11.9 Å². The van der Waals surface area contributed by atoms with E-state index in [1.54, 1.807) is 6.08 Å². The normalized spacial score (nSPS) is 30.4. The van der Waals surface area contributed by atoms with E-state index in [0.717, 1.165) is 22.9 Å². The largest absolute Gasteiger partial charge is 0.316 e. The molecule has 0 spiro atoms. The highest BCUT2D eigenvalue weighted by Crippen LogP contribution is 2.53. The predicted molar refractivity (Wildman–Crippen MR) is 106 cm³/mol. The summed E-state index contributed by atoms with van der Waals surface area (Å²) in [6, 6.07) is 0. The summed E-state index contributed by atoms with van der Waals surface area (Å²) in [5.74, 6) is -0.0218. The van der Waals surface area contributed by atoms with Crippen LogP contribution in [-0.2, 0) is 10.3 Å². The Morgan fingerprint density at radius 2 is 1.71 bits per heavy atom. The van der Waals surface area contributed by atoms with Crippen molar-refractivity contribution in [3.05, 3.63) is 17.7 Å². The summed E-state index contributed by atoms with van der Waals surface area (Å²) in [5.41, 5.74) is 12.6. The maximum Gasteiger partial charge on any atom is 0.284 e. The molecule has 2 aliphatic rings. The van der Waals surface area contributed by atoms with Crippen LogP contribution < -0.4 is 33.0 Å². The Kier molecular flexibility index (Phi) is 3.17. The zero-order valence-electron chi connectivity index (χ0n) is 13.3. The van der Waals surface area contributed by atoms with Crippen molar-refractivity contribution in [2.24, 2.45) is 5.73 Å². The first-order valence-electron chi connectivity index (χ1n) is 7.42. The third-order valence-electron chi connectivity index (χ3n) is 6.04. The first-order chi connectivity index (χ1) is 9.68. The topological polar surface area (TPSA) is 43.1 Å².